The summed E-state index contributed by atoms with van der Waals surface area (Å²) in [4.78, 5) is 13.1. The van der Waals surface area contributed by atoms with Crippen LogP contribution in [0, 0.1) is 11.8 Å². The van der Waals surface area contributed by atoms with Crippen LogP contribution >= 0.6 is 23.2 Å². The fraction of sp³-hybridized carbons (Fsp3) is 0.458. The van der Waals surface area contributed by atoms with E-state index in [2.05, 4.69) is 19.2 Å². The molecule has 0 bridgehead atoms. The number of carbonyl (C=O) groups excluding carboxylic acids is 1. The lowest BCUT2D eigenvalue weighted by Crippen LogP contribution is -2.46. The van der Waals surface area contributed by atoms with Crippen molar-refractivity contribution in [3.8, 4) is 0 Å². The Balaban J connectivity index is 1.71. The topological polar surface area (TPSA) is 66.5 Å². The highest BCUT2D eigenvalue weighted by molar-refractivity contribution is 7.88. The van der Waals surface area contributed by atoms with Gasteiger partial charge in [-0.1, -0.05) is 73.4 Å². The number of carbonyl (C=O) groups is 1. The number of hydrogen-bond donors (Lipinski definition) is 1. The number of benzene rings is 2. The molecule has 174 valence electrons. The number of nitrogens with zero attached hydrogens (tertiary/aromatic N) is 1. The lowest BCUT2D eigenvalue weighted by Gasteiger charge is -2.32. The van der Waals surface area contributed by atoms with Crippen LogP contribution in [0.4, 0.5) is 0 Å². The summed E-state index contributed by atoms with van der Waals surface area (Å²) in [5.74, 6) is -0.363. The minimum Gasteiger partial charge on any atom is -0.349 e. The van der Waals surface area contributed by atoms with Gasteiger partial charge in [0, 0.05) is 28.7 Å². The van der Waals surface area contributed by atoms with Crippen LogP contribution in [-0.4, -0.2) is 31.7 Å². The number of rotatable bonds is 8. The maximum absolute atomic E-state index is 13.1. The van der Waals surface area contributed by atoms with Gasteiger partial charge in [0.2, 0.25) is 15.9 Å². The molecule has 0 radical (unpaired) electrons. The number of sulfonamides is 1. The third-order valence-electron chi connectivity index (χ3n) is 5.76. The van der Waals surface area contributed by atoms with Gasteiger partial charge in [-0.3, -0.25) is 4.79 Å². The molecule has 0 unspecified atom stereocenters. The molecule has 1 heterocycles. The van der Waals surface area contributed by atoms with Crippen LogP contribution in [0.2, 0.25) is 10.0 Å². The number of halogens is 2. The summed E-state index contributed by atoms with van der Waals surface area (Å²) in [6.07, 6.45) is 2.11. The van der Waals surface area contributed by atoms with E-state index in [0.29, 0.717) is 40.9 Å². The van der Waals surface area contributed by atoms with Gasteiger partial charge >= 0.3 is 0 Å². The quantitative estimate of drug-likeness (QED) is 0.528. The molecule has 5 nitrogen and oxygen atoms in total. The average Bonchev–Trinajstić information content (AvgIpc) is 2.76. The third-order valence-corrected chi connectivity index (χ3v) is 8.24. The molecule has 2 aromatic rings. The van der Waals surface area contributed by atoms with Gasteiger partial charge in [0.05, 0.1) is 17.7 Å². The van der Waals surface area contributed by atoms with E-state index in [9.17, 15) is 13.2 Å². The summed E-state index contributed by atoms with van der Waals surface area (Å²) in [5.41, 5.74) is 1.45. The molecular weight excluding hydrogens is 467 g/mol. The maximum Gasteiger partial charge on any atom is 0.224 e. The van der Waals surface area contributed by atoms with E-state index in [-0.39, 0.29) is 24.2 Å². The SMILES string of the molecule is CC(C)C[C@@H](NC(=O)[C@H]1CCCN(S(=O)(=O)Cc2c(Cl)cccc2Cl)C1)c1ccccc1. The molecule has 1 aliphatic heterocycles. The van der Waals surface area contributed by atoms with Crippen molar-refractivity contribution in [2.75, 3.05) is 13.1 Å². The molecule has 1 amide bonds. The zero-order chi connectivity index (χ0) is 23.3. The van der Waals surface area contributed by atoms with E-state index in [4.69, 9.17) is 23.2 Å². The van der Waals surface area contributed by atoms with Gasteiger partial charge in [0.15, 0.2) is 0 Å². The largest absolute Gasteiger partial charge is 0.349 e. The number of hydrogen-bond acceptors (Lipinski definition) is 3. The Bertz CT molecular complexity index is 1010. The molecule has 3 rings (SSSR count). The molecule has 2 atom stereocenters. The Labute approximate surface area is 201 Å². The third kappa shape index (κ3) is 6.47. The first-order valence-corrected chi connectivity index (χ1v) is 13.3. The van der Waals surface area contributed by atoms with Crippen LogP contribution in [0.15, 0.2) is 48.5 Å². The Hall–Kier alpha value is -1.60. The second-order valence-corrected chi connectivity index (χ2v) is 11.5. The van der Waals surface area contributed by atoms with Gasteiger partial charge in [-0.05, 0) is 42.9 Å². The summed E-state index contributed by atoms with van der Waals surface area (Å²) >= 11 is 12.4. The van der Waals surface area contributed by atoms with Crippen molar-refractivity contribution in [2.24, 2.45) is 11.8 Å². The lowest BCUT2D eigenvalue weighted by atomic mass is 9.94. The molecule has 1 N–H and O–H groups in total. The van der Waals surface area contributed by atoms with Gasteiger partial charge in [-0.25, -0.2) is 12.7 Å². The van der Waals surface area contributed by atoms with E-state index in [1.165, 1.54) is 4.31 Å². The standard InChI is InChI=1S/C24H30Cl2N2O3S/c1-17(2)14-23(18-8-4-3-5-9-18)27-24(29)19-10-7-13-28(15-19)32(30,31)16-20-21(25)11-6-12-22(20)26/h3-6,8-9,11-12,17,19,23H,7,10,13-16H2,1-2H3,(H,27,29)/t19-,23+/m0/s1. The van der Waals surface area contributed by atoms with E-state index in [1.807, 2.05) is 30.3 Å². The van der Waals surface area contributed by atoms with Gasteiger partial charge in [0.1, 0.15) is 0 Å². The first kappa shape index (κ1) is 25.0. The van der Waals surface area contributed by atoms with Crippen molar-refractivity contribution in [3.63, 3.8) is 0 Å². The molecule has 0 saturated carbocycles. The van der Waals surface area contributed by atoms with Gasteiger partial charge in [-0.15, -0.1) is 0 Å². The van der Waals surface area contributed by atoms with Crippen molar-refractivity contribution >= 4 is 39.1 Å². The molecule has 1 saturated heterocycles. The molecular formula is C24H30Cl2N2O3S. The van der Waals surface area contributed by atoms with Crippen molar-refractivity contribution in [1.29, 1.82) is 0 Å². The lowest BCUT2D eigenvalue weighted by molar-refractivity contribution is -0.127. The summed E-state index contributed by atoms with van der Waals surface area (Å²) in [7, 11) is -3.66. The van der Waals surface area contributed by atoms with Crippen LogP contribution in [0.3, 0.4) is 0 Å². The summed E-state index contributed by atoms with van der Waals surface area (Å²) in [6.45, 7) is 4.80. The number of nitrogens with one attached hydrogen (secondary N) is 1. The second kappa shape index (κ2) is 11.0. The Morgan fingerprint density at radius 1 is 1.09 bits per heavy atom. The fourth-order valence-electron chi connectivity index (χ4n) is 4.08. The normalized spacial score (nSPS) is 18.5. The van der Waals surface area contributed by atoms with E-state index in [0.717, 1.165) is 12.0 Å². The van der Waals surface area contributed by atoms with Gasteiger partial charge < -0.3 is 5.32 Å². The average molecular weight is 497 g/mol. The summed E-state index contributed by atoms with van der Waals surface area (Å²) in [6, 6.07) is 14.7. The summed E-state index contributed by atoms with van der Waals surface area (Å²) < 4.78 is 27.6. The Kier molecular flexibility index (Phi) is 8.62. The molecule has 0 aliphatic carbocycles. The first-order valence-electron chi connectivity index (χ1n) is 10.9. The predicted molar refractivity (Wildman–Crippen MR) is 130 cm³/mol. The van der Waals surface area contributed by atoms with Crippen LogP contribution in [0.1, 0.15) is 50.3 Å². The molecule has 2 aromatic carbocycles. The van der Waals surface area contributed by atoms with E-state index in [1.54, 1.807) is 18.2 Å². The fourth-order valence-corrected chi connectivity index (χ4v) is 6.44. The van der Waals surface area contributed by atoms with E-state index >= 15 is 0 Å². The predicted octanol–water partition coefficient (Wildman–Crippen LogP) is 5.44. The van der Waals surface area contributed by atoms with Crippen LogP contribution in [0.5, 0.6) is 0 Å². The van der Waals surface area contributed by atoms with Crippen molar-refractivity contribution in [3.05, 3.63) is 69.7 Å². The van der Waals surface area contributed by atoms with Crippen molar-refractivity contribution in [2.45, 2.75) is 44.9 Å². The molecule has 32 heavy (non-hydrogen) atoms. The summed E-state index contributed by atoms with van der Waals surface area (Å²) in [5, 5.41) is 3.82. The van der Waals surface area contributed by atoms with Crippen LogP contribution < -0.4 is 5.32 Å². The maximum atomic E-state index is 13.1. The highest BCUT2D eigenvalue weighted by Gasteiger charge is 2.34. The minimum atomic E-state index is -3.66. The van der Waals surface area contributed by atoms with Gasteiger partial charge in [-0.2, -0.15) is 0 Å². The van der Waals surface area contributed by atoms with Crippen molar-refractivity contribution < 1.29 is 13.2 Å². The van der Waals surface area contributed by atoms with Crippen LogP contribution in [0.25, 0.3) is 0 Å². The number of amides is 1. The zero-order valence-corrected chi connectivity index (χ0v) is 20.8. The molecule has 1 aliphatic rings. The zero-order valence-electron chi connectivity index (χ0n) is 18.4. The minimum absolute atomic E-state index is 0.0994. The smallest absolute Gasteiger partial charge is 0.224 e. The molecule has 1 fully saturated rings. The monoisotopic (exact) mass is 496 g/mol. The molecule has 0 aromatic heterocycles. The molecule has 0 spiro atoms. The molecule has 8 heteroatoms. The first-order chi connectivity index (χ1) is 15.2. The Morgan fingerprint density at radius 2 is 1.75 bits per heavy atom. The van der Waals surface area contributed by atoms with E-state index < -0.39 is 15.9 Å². The highest BCUT2D eigenvalue weighted by Crippen LogP contribution is 2.29. The van der Waals surface area contributed by atoms with Crippen LogP contribution in [-0.2, 0) is 20.6 Å². The van der Waals surface area contributed by atoms with Crippen molar-refractivity contribution in [1.82, 2.24) is 9.62 Å². The van der Waals surface area contributed by atoms with Gasteiger partial charge in [0.25, 0.3) is 0 Å². The number of piperidine rings is 1. The Morgan fingerprint density at radius 3 is 2.38 bits per heavy atom. The second-order valence-electron chi connectivity index (χ2n) is 8.76. The highest BCUT2D eigenvalue weighted by atomic mass is 35.5.